The van der Waals surface area contributed by atoms with Crippen LogP contribution in [-0.4, -0.2) is 55.4 Å². The Morgan fingerprint density at radius 2 is 0.926 bits per heavy atom. The highest BCUT2D eigenvalue weighted by Crippen LogP contribution is 2.33. The Hall–Kier alpha value is -1.18. The molecule has 1 aliphatic rings. The van der Waals surface area contributed by atoms with Crippen molar-refractivity contribution in [3.05, 3.63) is 0 Å². The second-order valence-corrected chi connectivity index (χ2v) is 16.7. The monoisotopic (exact) mass is 767 g/mol. The number of ether oxygens (including phenoxy) is 4. The first-order valence-electron chi connectivity index (χ1n) is 23.7. The fraction of sp³-hybridized carbons (Fsp3) is 0.957. The van der Waals surface area contributed by atoms with Crippen LogP contribution in [0.2, 0.25) is 0 Å². The SMILES string of the molecule is CCCCCCCCCCCOC(=O)CCCCCC1(CCCCCCCC(=O)OC(CCCCCCCC)CCCCCCCC)OCC(CO)CO1. The maximum atomic E-state index is 12.8. The topological polar surface area (TPSA) is 91.3 Å². The lowest BCUT2D eigenvalue weighted by atomic mass is 9.97. The molecule has 1 saturated heterocycles. The minimum atomic E-state index is -0.590. The van der Waals surface area contributed by atoms with E-state index in [0.717, 1.165) is 89.9 Å². The molecule has 0 spiro atoms. The molecular weight excluding hydrogens is 677 g/mol. The highest BCUT2D eigenvalue weighted by Gasteiger charge is 2.36. The van der Waals surface area contributed by atoms with E-state index < -0.39 is 5.79 Å². The van der Waals surface area contributed by atoms with E-state index in [1.165, 1.54) is 122 Å². The summed E-state index contributed by atoms with van der Waals surface area (Å²) in [4.78, 5) is 25.0. The minimum absolute atomic E-state index is 0.00886. The zero-order valence-electron chi connectivity index (χ0n) is 36.1. The number of carbonyl (C=O) groups is 2. The molecule has 0 bridgehead atoms. The Morgan fingerprint density at radius 1 is 0.537 bits per heavy atom. The van der Waals surface area contributed by atoms with Gasteiger partial charge in [-0.2, -0.15) is 0 Å². The second kappa shape index (κ2) is 37.4. The van der Waals surface area contributed by atoms with Crippen molar-refractivity contribution >= 4 is 11.9 Å². The van der Waals surface area contributed by atoms with E-state index in [-0.39, 0.29) is 30.6 Å². The van der Waals surface area contributed by atoms with Gasteiger partial charge >= 0.3 is 11.9 Å². The Kier molecular flexibility index (Phi) is 35.2. The van der Waals surface area contributed by atoms with Crippen LogP contribution in [-0.2, 0) is 28.5 Å². The predicted molar refractivity (Wildman–Crippen MR) is 225 cm³/mol. The molecule has 0 amide bonds. The number of unbranched alkanes of at least 4 members (excludes halogenated alkanes) is 24. The van der Waals surface area contributed by atoms with Crippen molar-refractivity contribution in [1.29, 1.82) is 0 Å². The third-order valence-corrected chi connectivity index (χ3v) is 11.4. The smallest absolute Gasteiger partial charge is 0.306 e. The molecule has 0 saturated carbocycles. The van der Waals surface area contributed by atoms with E-state index in [2.05, 4.69) is 20.8 Å². The highest BCUT2D eigenvalue weighted by molar-refractivity contribution is 5.69. The lowest BCUT2D eigenvalue weighted by Gasteiger charge is -2.40. The van der Waals surface area contributed by atoms with Crippen molar-refractivity contribution < 1.29 is 33.6 Å². The summed E-state index contributed by atoms with van der Waals surface area (Å²) in [6.07, 6.45) is 39.2. The molecule has 1 aliphatic heterocycles. The highest BCUT2D eigenvalue weighted by atomic mass is 16.7. The standard InChI is InChI=1S/C47H90O7/c1-4-7-10-13-16-17-18-24-32-39-51-45(49)35-29-25-31-38-47(52-41-43(40-48)42-53-47)37-30-23-19-22-28-36-46(50)54-44(33-26-20-14-11-8-5-2)34-27-21-15-12-9-6-3/h43-44,48H,4-42H2,1-3H3. The number of rotatable bonds is 40. The minimum Gasteiger partial charge on any atom is -0.466 e. The van der Waals surface area contributed by atoms with Crippen LogP contribution in [0.5, 0.6) is 0 Å². The number of carbonyl (C=O) groups excluding carboxylic acids is 2. The van der Waals surface area contributed by atoms with Gasteiger partial charge in [0.1, 0.15) is 6.10 Å². The van der Waals surface area contributed by atoms with Gasteiger partial charge in [-0.05, 0) is 57.8 Å². The molecule has 0 aromatic heterocycles. The molecular formula is C47H90O7. The van der Waals surface area contributed by atoms with Crippen LogP contribution in [0.25, 0.3) is 0 Å². The van der Waals surface area contributed by atoms with Crippen LogP contribution in [0.15, 0.2) is 0 Å². The number of hydrogen-bond donors (Lipinski definition) is 1. The van der Waals surface area contributed by atoms with Gasteiger partial charge in [0.15, 0.2) is 5.79 Å². The Balaban J connectivity index is 2.26. The summed E-state index contributed by atoms with van der Waals surface area (Å²) in [5.74, 6) is -0.637. The Morgan fingerprint density at radius 3 is 1.41 bits per heavy atom. The number of esters is 2. The summed E-state index contributed by atoms with van der Waals surface area (Å²) in [7, 11) is 0. The maximum absolute atomic E-state index is 12.8. The summed E-state index contributed by atoms with van der Waals surface area (Å²) < 4.78 is 24.1. The molecule has 0 atom stereocenters. The quantitative estimate of drug-likeness (QED) is 0.0490. The normalized spacial score (nSPS) is 17.3. The van der Waals surface area contributed by atoms with E-state index in [9.17, 15) is 14.7 Å². The molecule has 0 aromatic rings. The molecule has 7 heteroatoms. The molecule has 0 aromatic carbocycles. The van der Waals surface area contributed by atoms with Gasteiger partial charge in [-0.1, -0.05) is 162 Å². The predicted octanol–water partition coefficient (Wildman–Crippen LogP) is 13.5. The summed E-state index contributed by atoms with van der Waals surface area (Å²) in [5.41, 5.74) is 0. The van der Waals surface area contributed by atoms with Crippen molar-refractivity contribution in [2.75, 3.05) is 26.4 Å². The van der Waals surface area contributed by atoms with Gasteiger partial charge in [0.25, 0.3) is 0 Å². The lowest BCUT2D eigenvalue weighted by molar-refractivity contribution is -0.292. The van der Waals surface area contributed by atoms with Gasteiger partial charge in [0.05, 0.1) is 26.4 Å². The maximum Gasteiger partial charge on any atom is 0.306 e. The van der Waals surface area contributed by atoms with Crippen molar-refractivity contribution in [2.24, 2.45) is 5.92 Å². The van der Waals surface area contributed by atoms with Gasteiger partial charge in [-0.3, -0.25) is 9.59 Å². The van der Waals surface area contributed by atoms with Crippen molar-refractivity contribution in [1.82, 2.24) is 0 Å². The molecule has 0 aliphatic carbocycles. The van der Waals surface area contributed by atoms with Crippen LogP contribution in [0.4, 0.5) is 0 Å². The van der Waals surface area contributed by atoms with Gasteiger partial charge in [-0.15, -0.1) is 0 Å². The van der Waals surface area contributed by atoms with E-state index in [1.54, 1.807) is 0 Å². The zero-order chi connectivity index (χ0) is 39.2. The first-order chi connectivity index (χ1) is 26.5. The van der Waals surface area contributed by atoms with Crippen molar-refractivity contribution in [3.63, 3.8) is 0 Å². The molecule has 54 heavy (non-hydrogen) atoms. The fourth-order valence-corrected chi connectivity index (χ4v) is 7.67. The average Bonchev–Trinajstić information content (AvgIpc) is 3.18. The first-order valence-corrected chi connectivity index (χ1v) is 23.7. The summed E-state index contributed by atoms with van der Waals surface area (Å²) in [6.45, 7) is 8.46. The van der Waals surface area contributed by atoms with Crippen molar-refractivity contribution in [2.45, 2.75) is 257 Å². The van der Waals surface area contributed by atoms with Crippen LogP contribution in [0, 0.1) is 5.92 Å². The van der Waals surface area contributed by atoms with E-state index in [4.69, 9.17) is 18.9 Å². The molecule has 1 N–H and O–H groups in total. The molecule has 0 radical (unpaired) electrons. The third kappa shape index (κ3) is 30.0. The zero-order valence-corrected chi connectivity index (χ0v) is 36.1. The summed E-state index contributed by atoms with van der Waals surface area (Å²) in [6, 6.07) is 0. The number of aliphatic hydroxyl groups is 1. The molecule has 0 unspecified atom stereocenters. The Labute approximate surface area is 334 Å². The summed E-state index contributed by atoms with van der Waals surface area (Å²) >= 11 is 0. The van der Waals surface area contributed by atoms with E-state index >= 15 is 0 Å². The van der Waals surface area contributed by atoms with Gasteiger partial charge < -0.3 is 24.1 Å². The van der Waals surface area contributed by atoms with Gasteiger partial charge in [0, 0.05) is 31.6 Å². The molecule has 320 valence electrons. The lowest BCUT2D eigenvalue weighted by Crippen LogP contribution is -2.45. The van der Waals surface area contributed by atoms with Crippen LogP contribution < -0.4 is 0 Å². The fourth-order valence-electron chi connectivity index (χ4n) is 7.67. The largest absolute Gasteiger partial charge is 0.466 e. The average molecular weight is 767 g/mol. The van der Waals surface area contributed by atoms with Gasteiger partial charge in [0.2, 0.25) is 0 Å². The van der Waals surface area contributed by atoms with E-state index in [1.807, 2.05) is 0 Å². The molecule has 1 rings (SSSR count). The molecule has 1 fully saturated rings. The van der Waals surface area contributed by atoms with Crippen LogP contribution in [0.3, 0.4) is 0 Å². The van der Waals surface area contributed by atoms with E-state index in [0.29, 0.717) is 32.7 Å². The van der Waals surface area contributed by atoms with Gasteiger partial charge in [-0.25, -0.2) is 0 Å². The Bertz CT molecular complexity index is 809. The first kappa shape index (κ1) is 50.8. The van der Waals surface area contributed by atoms with Crippen LogP contribution in [0.1, 0.15) is 245 Å². The number of hydrogen-bond acceptors (Lipinski definition) is 7. The van der Waals surface area contributed by atoms with Crippen molar-refractivity contribution in [3.8, 4) is 0 Å². The molecule has 1 heterocycles. The second-order valence-electron chi connectivity index (χ2n) is 16.7. The summed E-state index contributed by atoms with van der Waals surface area (Å²) in [5, 5.41) is 9.61. The van der Waals surface area contributed by atoms with Crippen LogP contribution >= 0.6 is 0 Å². The third-order valence-electron chi connectivity index (χ3n) is 11.4. The molecule has 7 nitrogen and oxygen atoms in total. The number of aliphatic hydroxyl groups excluding tert-OH is 1.